The predicted molar refractivity (Wildman–Crippen MR) is 116 cm³/mol. The second-order valence-corrected chi connectivity index (χ2v) is 8.72. The largest absolute Gasteiger partial charge is 0.294 e. The van der Waals surface area contributed by atoms with Crippen molar-refractivity contribution in [2.45, 2.75) is 44.9 Å². The third kappa shape index (κ3) is 4.51. The van der Waals surface area contributed by atoms with Crippen molar-refractivity contribution in [1.29, 1.82) is 0 Å². The summed E-state index contributed by atoms with van der Waals surface area (Å²) in [6, 6.07) is 14.0. The maximum atomic E-state index is 13.8. The summed E-state index contributed by atoms with van der Waals surface area (Å²) in [6.45, 7) is 2.19. The van der Waals surface area contributed by atoms with Crippen LogP contribution in [0.5, 0.6) is 0 Å². The zero-order chi connectivity index (χ0) is 20.4. The van der Waals surface area contributed by atoms with Gasteiger partial charge in [0.25, 0.3) is 0 Å². The first-order valence-corrected chi connectivity index (χ1v) is 10.7. The van der Waals surface area contributed by atoms with E-state index in [1.807, 2.05) is 24.4 Å². The van der Waals surface area contributed by atoms with E-state index in [1.165, 1.54) is 11.6 Å². The lowest BCUT2D eigenvalue weighted by Gasteiger charge is -2.32. The van der Waals surface area contributed by atoms with Crippen LogP contribution in [0.25, 0.3) is 10.9 Å². The quantitative estimate of drug-likeness (QED) is 0.416. The minimum Gasteiger partial charge on any atom is -0.294 e. The molecule has 4 heteroatoms. The van der Waals surface area contributed by atoms with E-state index >= 15 is 0 Å². The second-order valence-electron chi connectivity index (χ2n) is 8.28. The van der Waals surface area contributed by atoms with Crippen LogP contribution in [0.4, 0.5) is 4.39 Å². The molecule has 1 aliphatic rings. The van der Waals surface area contributed by atoms with Gasteiger partial charge in [0.05, 0.1) is 5.52 Å². The van der Waals surface area contributed by atoms with Gasteiger partial charge in [-0.25, -0.2) is 4.39 Å². The first-order valence-electron chi connectivity index (χ1n) is 10.3. The van der Waals surface area contributed by atoms with Gasteiger partial charge in [0, 0.05) is 28.6 Å². The summed E-state index contributed by atoms with van der Waals surface area (Å²) >= 11 is 5.92. The monoisotopic (exact) mass is 409 g/mol. The summed E-state index contributed by atoms with van der Waals surface area (Å²) in [6.07, 6.45) is 6.73. The number of rotatable bonds is 5. The van der Waals surface area contributed by atoms with Crippen LogP contribution in [-0.4, -0.2) is 10.8 Å². The lowest BCUT2D eigenvalue weighted by Crippen LogP contribution is -2.21. The number of Topliss-reactive ketones (excluding diaryl/α,β-unsaturated/α-hetero) is 1. The van der Waals surface area contributed by atoms with Crippen molar-refractivity contribution >= 4 is 28.3 Å². The fourth-order valence-corrected chi connectivity index (χ4v) is 4.83. The number of nitrogens with zero attached hydrogens (tertiary/aromatic N) is 1. The molecule has 0 radical (unpaired) electrons. The van der Waals surface area contributed by atoms with Crippen LogP contribution < -0.4 is 0 Å². The molecule has 1 atom stereocenters. The minimum atomic E-state index is -0.213. The van der Waals surface area contributed by atoms with Gasteiger partial charge in [0.1, 0.15) is 5.82 Å². The molecule has 1 aromatic heterocycles. The number of fused-ring (bicyclic) bond motifs is 1. The van der Waals surface area contributed by atoms with Gasteiger partial charge in [-0.05, 0) is 97.5 Å². The van der Waals surface area contributed by atoms with Gasteiger partial charge >= 0.3 is 0 Å². The minimum absolute atomic E-state index is 0.187. The maximum absolute atomic E-state index is 13.8. The van der Waals surface area contributed by atoms with E-state index in [1.54, 1.807) is 24.3 Å². The Balaban J connectivity index is 1.40. The Morgan fingerprint density at radius 1 is 1.10 bits per heavy atom. The van der Waals surface area contributed by atoms with E-state index in [9.17, 15) is 9.18 Å². The van der Waals surface area contributed by atoms with Crippen LogP contribution in [0.1, 0.15) is 60.9 Å². The summed E-state index contributed by atoms with van der Waals surface area (Å²) in [4.78, 5) is 17.0. The van der Waals surface area contributed by atoms with Gasteiger partial charge in [-0.15, -0.1) is 0 Å². The topological polar surface area (TPSA) is 30.0 Å². The van der Waals surface area contributed by atoms with Crippen LogP contribution in [0.2, 0.25) is 5.02 Å². The molecule has 3 aromatic rings. The van der Waals surface area contributed by atoms with Crippen molar-refractivity contribution in [1.82, 2.24) is 4.98 Å². The average Bonchev–Trinajstić information content (AvgIpc) is 2.74. The number of carbonyl (C=O) groups is 1. The number of pyridine rings is 1. The van der Waals surface area contributed by atoms with Gasteiger partial charge in [-0.1, -0.05) is 18.5 Å². The summed E-state index contributed by atoms with van der Waals surface area (Å²) in [5, 5.41) is 1.58. The molecule has 0 aliphatic heterocycles. The number of aromatic nitrogens is 1. The van der Waals surface area contributed by atoms with Gasteiger partial charge in [0.15, 0.2) is 5.78 Å². The van der Waals surface area contributed by atoms with E-state index < -0.39 is 0 Å². The van der Waals surface area contributed by atoms with Gasteiger partial charge in [0.2, 0.25) is 0 Å². The van der Waals surface area contributed by atoms with Crippen molar-refractivity contribution in [2.75, 3.05) is 0 Å². The number of hydrogen-bond donors (Lipinski definition) is 0. The number of benzene rings is 2. The molecular weight excluding hydrogens is 385 g/mol. The van der Waals surface area contributed by atoms with Crippen molar-refractivity contribution in [3.8, 4) is 0 Å². The normalized spacial score (nSPS) is 20.5. The lowest BCUT2D eigenvalue weighted by atomic mass is 9.72. The first kappa shape index (κ1) is 20.0. The Bertz CT molecular complexity index is 1010. The number of carbonyl (C=O) groups excluding carboxylic acids is 1. The number of ketones is 1. The third-order valence-corrected chi connectivity index (χ3v) is 6.68. The smallest absolute Gasteiger partial charge is 0.163 e. The Kier molecular flexibility index (Phi) is 5.96. The zero-order valence-electron chi connectivity index (χ0n) is 16.6. The Morgan fingerprint density at radius 2 is 1.83 bits per heavy atom. The summed E-state index contributed by atoms with van der Waals surface area (Å²) in [5.41, 5.74) is 2.80. The molecule has 0 amide bonds. The fourth-order valence-electron chi connectivity index (χ4n) is 4.71. The van der Waals surface area contributed by atoms with E-state index in [4.69, 9.17) is 11.6 Å². The fraction of sp³-hybridized carbons (Fsp3) is 0.360. The summed E-state index contributed by atoms with van der Waals surface area (Å²) < 4.78 is 13.8. The molecule has 4 rings (SSSR count). The van der Waals surface area contributed by atoms with Gasteiger partial charge in [-0.3, -0.25) is 9.78 Å². The van der Waals surface area contributed by atoms with E-state index in [-0.39, 0.29) is 11.6 Å². The molecule has 0 spiro atoms. The predicted octanol–water partition coefficient (Wildman–Crippen LogP) is 7.21. The lowest BCUT2D eigenvalue weighted by molar-refractivity contribution is 0.0937. The molecule has 1 aliphatic carbocycles. The van der Waals surface area contributed by atoms with Crippen LogP contribution >= 0.6 is 11.6 Å². The van der Waals surface area contributed by atoms with E-state index in [0.717, 1.165) is 42.1 Å². The SMILES string of the molecule is C[C@@H](CC(=O)c1ccc(Cl)cc1)C1CCC(c2ccnc3ccc(F)cc23)CC1. The molecule has 2 aromatic carbocycles. The molecule has 0 N–H and O–H groups in total. The highest BCUT2D eigenvalue weighted by molar-refractivity contribution is 6.30. The summed E-state index contributed by atoms with van der Waals surface area (Å²) in [5.74, 6) is 1.30. The van der Waals surface area contributed by atoms with Crippen molar-refractivity contribution in [3.05, 3.63) is 76.7 Å². The highest BCUT2D eigenvalue weighted by Gasteiger charge is 2.28. The molecule has 150 valence electrons. The van der Waals surface area contributed by atoms with Crippen LogP contribution in [-0.2, 0) is 0 Å². The van der Waals surface area contributed by atoms with Crippen LogP contribution in [0.15, 0.2) is 54.7 Å². The average molecular weight is 410 g/mol. The van der Waals surface area contributed by atoms with Crippen LogP contribution in [0.3, 0.4) is 0 Å². The van der Waals surface area contributed by atoms with Crippen molar-refractivity contribution in [3.63, 3.8) is 0 Å². The maximum Gasteiger partial charge on any atom is 0.163 e. The number of hydrogen-bond acceptors (Lipinski definition) is 2. The molecule has 2 nitrogen and oxygen atoms in total. The molecule has 0 bridgehead atoms. The van der Waals surface area contributed by atoms with E-state index in [2.05, 4.69) is 11.9 Å². The highest BCUT2D eigenvalue weighted by Crippen LogP contribution is 2.41. The van der Waals surface area contributed by atoms with Crippen molar-refractivity contribution in [2.24, 2.45) is 11.8 Å². The Labute approximate surface area is 176 Å². The number of halogens is 2. The Morgan fingerprint density at radius 3 is 2.55 bits per heavy atom. The molecule has 29 heavy (non-hydrogen) atoms. The van der Waals surface area contributed by atoms with E-state index in [0.29, 0.717) is 29.2 Å². The molecule has 1 heterocycles. The van der Waals surface area contributed by atoms with Gasteiger partial charge in [-0.2, -0.15) is 0 Å². The highest BCUT2D eigenvalue weighted by atomic mass is 35.5. The third-order valence-electron chi connectivity index (χ3n) is 6.43. The zero-order valence-corrected chi connectivity index (χ0v) is 17.3. The summed E-state index contributed by atoms with van der Waals surface area (Å²) in [7, 11) is 0. The van der Waals surface area contributed by atoms with Crippen molar-refractivity contribution < 1.29 is 9.18 Å². The molecule has 1 fully saturated rings. The molecule has 1 saturated carbocycles. The standard InChI is InChI=1S/C25H25ClFNO/c1-16(14-25(29)19-6-8-20(26)9-7-19)17-2-4-18(5-3-17)22-12-13-28-24-11-10-21(27)15-23(22)24/h6-13,15-18H,2-5,14H2,1H3/t16-,17?,18?/m0/s1. The Hall–Kier alpha value is -2.26. The van der Waals surface area contributed by atoms with Gasteiger partial charge < -0.3 is 0 Å². The van der Waals surface area contributed by atoms with Crippen LogP contribution in [0, 0.1) is 17.7 Å². The molecule has 0 saturated heterocycles. The molecular formula is C25H25ClFNO. The second kappa shape index (κ2) is 8.62. The molecule has 0 unspecified atom stereocenters. The first-order chi connectivity index (χ1) is 14.0.